The Morgan fingerprint density at radius 2 is 1.61 bits per heavy atom. The predicted octanol–water partition coefficient (Wildman–Crippen LogP) is -1.34. The maximum absolute atomic E-state index is 12.7. The summed E-state index contributed by atoms with van der Waals surface area (Å²) in [6.07, 6.45) is -10.8. The van der Waals surface area contributed by atoms with Gasteiger partial charge >= 0.3 is 0 Å². The second kappa shape index (κ2) is 8.67. The zero-order valence-electron chi connectivity index (χ0n) is 16.8. The molecule has 0 spiro atoms. The maximum Gasteiger partial charge on any atom is 0.229 e. The average molecular weight is 466 g/mol. The second-order valence-electron chi connectivity index (χ2n) is 7.73. The minimum absolute atomic E-state index is 0.160. The molecule has 178 valence electrons. The third kappa shape index (κ3) is 4.04. The van der Waals surface area contributed by atoms with Crippen molar-refractivity contribution in [2.75, 3.05) is 6.61 Å². The van der Waals surface area contributed by atoms with E-state index in [0.717, 1.165) is 18.2 Å². The summed E-state index contributed by atoms with van der Waals surface area (Å²) in [5, 5.41) is 79.2. The third-order valence-electron chi connectivity index (χ3n) is 5.54. The van der Waals surface area contributed by atoms with Crippen LogP contribution in [0.2, 0.25) is 0 Å². The number of aliphatic hydroxyl groups is 5. The van der Waals surface area contributed by atoms with Crippen LogP contribution in [0.4, 0.5) is 0 Å². The molecule has 0 aromatic heterocycles. The number of phenolic OH excluding ortho intramolecular Hbond substituents is 3. The van der Waals surface area contributed by atoms with Gasteiger partial charge in [-0.25, -0.2) is 0 Å². The van der Waals surface area contributed by atoms with Gasteiger partial charge in [-0.3, -0.25) is 4.79 Å². The molecule has 33 heavy (non-hydrogen) atoms. The minimum Gasteiger partial charge on any atom is -0.507 e. The Morgan fingerprint density at radius 3 is 2.27 bits per heavy atom. The van der Waals surface area contributed by atoms with Crippen LogP contribution in [0.3, 0.4) is 0 Å². The molecule has 2 aliphatic rings. The van der Waals surface area contributed by atoms with Crippen LogP contribution < -0.4 is 9.47 Å². The van der Waals surface area contributed by atoms with Crippen LogP contribution in [0, 0.1) is 0 Å². The number of rotatable bonds is 4. The van der Waals surface area contributed by atoms with E-state index in [4.69, 9.17) is 14.2 Å². The highest BCUT2D eigenvalue weighted by Gasteiger charge is 2.45. The highest BCUT2D eigenvalue weighted by molar-refractivity contribution is 6.05. The van der Waals surface area contributed by atoms with Crippen LogP contribution in [-0.4, -0.2) is 90.1 Å². The molecule has 1 saturated heterocycles. The van der Waals surface area contributed by atoms with Crippen molar-refractivity contribution in [1.82, 2.24) is 0 Å². The third-order valence-corrected chi connectivity index (χ3v) is 5.54. The van der Waals surface area contributed by atoms with Gasteiger partial charge in [0.2, 0.25) is 12.1 Å². The summed E-state index contributed by atoms with van der Waals surface area (Å²) in [6, 6.07) is 5.76. The van der Waals surface area contributed by atoms with Crippen molar-refractivity contribution in [2.45, 2.75) is 42.9 Å². The van der Waals surface area contributed by atoms with Crippen molar-refractivity contribution < 1.29 is 59.9 Å². The van der Waals surface area contributed by atoms with Crippen molar-refractivity contribution in [3.8, 4) is 28.7 Å². The highest BCUT2D eigenvalue weighted by Crippen LogP contribution is 2.43. The Hall–Kier alpha value is -3.13. The Kier molecular flexibility index (Phi) is 6.05. The molecule has 4 rings (SSSR count). The van der Waals surface area contributed by atoms with E-state index in [1.54, 1.807) is 0 Å². The molecule has 12 heteroatoms. The van der Waals surface area contributed by atoms with Gasteiger partial charge in [-0.2, -0.15) is 0 Å². The van der Waals surface area contributed by atoms with E-state index in [-0.39, 0.29) is 22.6 Å². The van der Waals surface area contributed by atoms with Crippen LogP contribution in [-0.2, 0) is 4.74 Å². The molecule has 0 saturated carbocycles. The molecule has 2 aromatic carbocycles. The van der Waals surface area contributed by atoms with Crippen molar-refractivity contribution in [2.24, 2.45) is 0 Å². The van der Waals surface area contributed by atoms with Crippen LogP contribution in [0.5, 0.6) is 28.7 Å². The molecule has 12 nitrogen and oxygen atoms in total. The molecular formula is C21H22O12. The van der Waals surface area contributed by atoms with Crippen molar-refractivity contribution in [3.63, 3.8) is 0 Å². The van der Waals surface area contributed by atoms with Crippen LogP contribution in [0.15, 0.2) is 30.3 Å². The molecule has 0 unspecified atom stereocenters. The molecule has 0 radical (unpaired) electrons. The Balaban J connectivity index is 1.64. The predicted molar refractivity (Wildman–Crippen MR) is 106 cm³/mol. The molecule has 0 amide bonds. The summed E-state index contributed by atoms with van der Waals surface area (Å²) in [7, 11) is 0. The zero-order chi connectivity index (χ0) is 24.0. The highest BCUT2D eigenvalue weighted by atomic mass is 16.7. The van der Waals surface area contributed by atoms with E-state index in [1.807, 2.05) is 0 Å². The molecule has 8 N–H and O–H groups in total. The van der Waals surface area contributed by atoms with E-state index in [2.05, 4.69) is 0 Å². The Labute approximate surface area is 186 Å². The summed E-state index contributed by atoms with van der Waals surface area (Å²) in [5.41, 5.74) is -0.167. The fraction of sp³-hybridized carbons (Fsp3) is 0.381. The topological polar surface area (TPSA) is 207 Å². The number of phenols is 3. The van der Waals surface area contributed by atoms with E-state index in [9.17, 15) is 45.6 Å². The van der Waals surface area contributed by atoms with E-state index < -0.39 is 72.6 Å². The summed E-state index contributed by atoms with van der Waals surface area (Å²) in [5.74, 6) is -2.74. The number of ketones is 1. The first kappa shape index (κ1) is 23.0. The monoisotopic (exact) mass is 466 g/mol. The molecule has 0 bridgehead atoms. The molecule has 2 aromatic rings. The lowest BCUT2D eigenvalue weighted by atomic mass is 9.92. The first-order chi connectivity index (χ1) is 15.6. The number of benzene rings is 2. The first-order valence-corrected chi connectivity index (χ1v) is 9.87. The van der Waals surface area contributed by atoms with Crippen molar-refractivity contribution >= 4 is 5.78 Å². The largest absolute Gasteiger partial charge is 0.507 e. The zero-order valence-corrected chi connectivity index (χ0v) is 16.8. The van der Waals surface area contributed by atoms with E-state index in [1.165, 1.54) is 12.1 Å². The van der Waals surface area contributed by atoms with E-state index in [0.29, 0.717) is 0 Å². The molecule has 2 heterocycles. The van der Waals surface area contributed by atoms with Gasteiger partial charge < -0.3 is 55.1 Å². The van der Waals surface area contributed by atoms with Gasteiger partial charge in [0.05, 0.1) is 6.61 Å². The van der Waals surface area contributed by atoms with Gasteiger partial charge in [0.25, 0.3) is 0 Å². The van der Waals surface area contributed by atoms with Gasteiger partial charge in [0.15, 0.2) is 23.7 Å². The number of aromatic hydroxyl groups is 3. The Bertz CT molecular complexity index is 1050. The number of Topliss-reactive ketones (excluding diaryl/α,β-unsaturated/α-hetero) is 1. The van der Waals surface area contributed by atoms with Crippen molar-refractivity contribution in [1.29, 1.82) is 0 Å². The fourth-order valence-electron chi connectivity index (χ4n) is 3.74. The number of ether oxygens (including phenoxy) is 3. The summed E-state index contributed by atoms with van der Waals surface area (Å²) < 4.78 is 16.4. The fourth-order valence-corrected chi connectivity index (χ4v) is 3.74. The molecule has 1 fully saturated rings. The maximum atomic E-state index is 12.7. The smallest absolute Gasteiger partial charge is 0.229 e. The van der Waals surface area contributed by atoms with Gasteiger partial charge in [0.1, 0.15) is 47.2 Å². The second-order valence-corrected chi connectivity index (χ2v) is 7.73. The summed E-state index contributed by atoms with van der Waals surface area (Å²) >= 11 is 0. The molecular weight excluding hydrogens is 444 g/mol. The first-order valence-electron chi connectivity index (χ1n) is 9.87. The average Bonchev–Trinajstić information content (AvgIpc) is 2.78. The quantitative estimate of drug-likeness (QED) is 0.246. The van der Waals surface area contributed by atoms with Gasteiger partial charge in [0, 0.05) is 12.1 Å². The van der Waals surface area contributed by atoms with Crippen LogP contribution >= 0.6 is 0 Å². The SMILES string of the molecule is O=C1c2c(O)cc(O[C@@H]3O[C@@H](CO)[C@@H](O)[C@H](O)[C@@H]3O)cc2O[C@@H](c2ccc(O)c(O)c2)[C@H]1O. The molecule has 7 atom stereocenters. The normalized spacial score (nSPS) is 31.5. The van der Waals surface area contributed by atoms with Gasteiger partial charge in [-0.05, 0) is 17.7 Å². The summed E-state index contributed by atoms with van der Waals surface area (Å²) in [6.45, 7) is -0.670. The lowest BCUT2D eigenvalue weighted by Crippen LogP contribution is -2.60. The van der Waals surface area contributed by atoms with Crippen molar-refractivity contribution in [3.05, 3.63) is 41.5 Å². The molecule has 2 aliphatic heterocycles. The number of carbonyl (C=O) groups excluding carboxylic acids is 1. The lowest BCUT2D eigenvalue weighted by molar-refractivity contribution is -0.277. The Morgan fingerprint density at radius 1 is 0.879 bits per heavy atom. The number of hydrogen-bond donors (Lipinski definition) is 8. The van der Waals surface area contributed by atoms with Gasteiger partial charge in [-0.15, -0.1) is 0 Å². The molecule has 0 aliphatic carbocycles. The number of fused-ring (bicyclic) bond motifs is 1. The standard InChI is InChI=1S/C21H22O12/c22-6-13-15(26)17(28)19(30)21(33-13)31-8-4-11(25)14-12(5-8)32-20(18(29)16(14)27)7-1-2-9(23)10(24)3-7/h1-5,13,15,17-26,28-30H,6H2/t13-,15+,17-,18-,19-,20-,21+/m0/s1. The van der Waals surface area contributed by atoms with Crippen LogP contribution in [0.1, 0.15) is 22.0 Å². The minimum atomic E-state index is -1.73. The number of carbonyl (C=O) groups is 1. The summed E-state index contributed by atoms with van der Waals surface area (Å²) in [4.78, 5) is 12.7. The van der Waals surface area contributed by atoms with Crippen LogP contribution in [0.25, 0.3) is 0 Å². The van der Waals surface area contributed by atoms with Gasteiger partial charge in [-0.1, -0.05) is 6.07 Å². The number of aliphatic hydroxyl groups excluding tert-OH is 5. The van der Waals surface area contributed by atoms with E-state index >= 15 is 0 Å². The lowest BCUT2D eigenvalue weighted by Gasteiger charge is -2.39. The number of hydrogen-bond acceptors (Lipinski definition) is 12.